The molecule has 33 heavy (non-hydrogen) atoms. The summed E-state index contributed by atoms with van der Waals surface area (Å²) in [7, 11) is -2.06. The molecule has 0 aliphatic heterocycles. The van der Waals surface area contributed by atoms with Crippen LogP contribution in [0.15, 0.2) is 82.6 Å². The van der Waals surface area contributed by atoms with E-state index in [0.717, 1.165) is 24.0 Å². The molecule has 0 saturated carbocycles. The van der Waals surface area contributed by atoms with E-state index in [2.05, 4.69) is 0 Å². The molecule has 0 bridgehead atoms. The van der Waals surface area contributed by atoms with E-state index in [1.807, 2.05) is 38.2 Å². The van der Waals surface area contributed by atoms with Gasteiger partial charge in [-0.2, -0.15) is 8.42 Å². The lowest BCUT2D eigenvalue weighted by atomic mass is 10.2. The van der Waals surface area contributed by atoms with Crippen molar-refractivity contribution in [1.82, 2.24) is 0 Å². The van der Waals surface area contributed by atoms with Gasteiger partial charge in [0.25, 0.3) is 19.2 Å². The molecule has 4 rings (SSSR count). The minimum absolute atomic E-state index is 0.0648. The van der Waals surface area contributed by atoms with Crippen molar-refractivity contribution in [3.05, 3.63) is 84.0 Å². The van der Waals surface area contributed by atoms with Crippen molar-refractivity contribution in [2.24, 2.45) is 0 Å². The van der Waals surface area contributed by atoms with Gasteiger partial charge in [-0.15, -0.1) is 0 Å². The molecule has 0 spiro atoms. The minimum atomic E-state index is -3.60. The van der Waals surface area contributed by atoms with Gasteiger partial charge in [0.15, 0.2) is 0 Å². The number of hydrogen-bond acceptors (Lipinski definition) is 6. The van der Waals surface area contributed by atoms with Crippen molar-refractivity contribution < 1.29 is 26.1 Å². The summed E-state index contributed by atoms with van der Waals surface area (Å²) in [6.07, 6.45) is 10.7. The van der Waals surface area contributed by atoms with Gasteiger partial charge in [0.2, 0.25) is 0 Å². The number of halogens is 1. The Labute approximate surface area is 201 Å². The molecular formula is C24H29ClO6S2. The average molecular weight is 513 g/mol. The van der Waals surface area contributed by atoms with Crippen molar-refractivity contribution in [3.63, 3.8) is 0 Å². The topological polar surface area (TPSA) is 97.7 Å². The van der Waals surface area contributed by atoms with Gasteiger partial charge in [0, 0.05) is 10.7 Å². The monoisotopic (exact) mass is 512 g/mol. The van der Waals surface area contributed by atoms with E-state index < -0.39 is 19.2 Å². The second kappa shape index (κ2) is 12.5. The second-order valence-corrected chi connectivity index (χ2v) is 11.9. The largest absolute Gasteiger partial charge is 0.392 e. The molecule has 2 aliphatic rings. The maximum Gasteiger partial charge on any atom is 0.297 e. The summed E-state index contributed by atoms with van der Waals surface area (Å²) >= 11 is 0. The second-order valence-electron chi connectivity index (χ2n) is 7.78. The van der Waals surface area contributed by atoms with Gasteiger partial charge in [-0.3, -0.25) is 4.18 Å². The minimum Gasteiger partial charge on any atom is -0.392 e. The Bertz CT molecular complexity index is 1140. The number of aliphatic hydroxyl groups is 1. The van der Waals surface area contributed by atoms with Crippen molar-refractivity contribution in [3.8, 4) is 0 Å². The Hall–Kier alpha value is -1.97. The van der Waals surface area contributed by atoms with Crippen LogP contribution in [0, 0.1) is 13.8 Å². The highest BCUT2D eigenvalue weighted by Gasteiger charge is 2.22. The lowest BCUT2D eigenvalue weighted by molar-refractivity contribution is 0.189. The summed E-state index contributed by atoms with van der Waals surface area (Å²) in [6, 6.07) is 13.1. The van der Waals surface area contributed by atoms with Crippen LogP contribution >= 0.6 is 10.7 Å². The Morgan fingerprint density at radius 1 is 0.727 bits per heavy atom. The zero-order chi connectivity index (χ0) is 24.5. The molecule has 0 atom stereocenters. The number of hydrogen-bond donors (Lipinski definition) is 1. The molecule has 0 amide bonds. The lowest BCUT2D eigenvalue weighted by Crippen LogP contribution is -2.15. The first-order valence-corrected chi connectivity index (χ1v) is 14.2. The highest BCUT2D eigenvalue weighted by molar-refractivity contribution is 8.13. The summed E-state index contributed by atoms with van der Waals surface area (Å²) in [4.78, 5) is 0.370. The molecule has 0 heterocycles. The Morgan fingerprint density at radius 3 is 1.48 bits per heavy atom. The van der Waals surface area contributed by atoms with Crippen molar-refractivity contribution in [2.45, 2.75) is 61.5 Å². The van der Waals surface area contributed by atoms with E-state index in [1.165, 1.54) is 12.1 Å². The molecule has 6 nitrogen and oxygen atoms in total. The molecule has 0 aromatic heterocycles. The third-order valence-corrected chi connectivity index (χ3v) is 7.57. The zero-order valence-electron chi connectivity index (χ0n) is 18.6. The van der Waals surface area contributed by atoms with Crippen LogP contribution in [-0.2, 0) is 23.4 Å². The Kier molecular flexibility index (Phi) is 10.3. The third kappa shape index (κ3) is 9.81. The van der Waals surface area contributed by atoms with E-state index in [0.29, 0.717) is 12.8 Å². The SMILES string of the molecule is Cc1ccc(S(=O)(=O)Cl)cc1.Cc1ccc(S(=O)(=O)OC2CC=CC2)cc1.OC1CC=CC1. The lowest BCUT2D eigenvalue weighted by Gasteiger charge is -2.11. The van der Waals surface area contributed by atoms with Gasteiger partial charge < -0.3 is 5.11 Å². The first kappa shape index (κ1) is 27.3. The fourth-order valence-corrected chi connectivity index (χ4v) is 4.78. The normalized spacial score (nSPS) is 16.1. The predicted molar refractivity (Wildman–Crippen MR) is 130 cm³/mol. The van der Waals surface area contributed by atoms with Gasteiger partial charge in [0.05, 0.1) is 22.0 Å². The first-order chi connectivity index (χ1) is 15.5. The van der Waals surface area contributed by atoms with Crippen LogP contribution in [-0.4, -0.2) is 34.2 Å². The van der Waals surface area contributed by atoms with Crippen LogP contribution in [0.1, 0.15) is 36.8 Å². The van der Waals surface area contributed by atoms with Crippen LogP contribution in [0.25, 0.3) is 0 Å². The van der Waals surface area contributed by atoms with Gasteiger partial charge in [0.1, 0.15) is 0 Å². The molecule has 0 unspecified atom stereocenters. The van der Waals surface area contributed by atoms with Gasteiger partial charge in [-0.25, -0.2) is 8.42 Å². The van der Waals surface area contributed by atoms with Crippen molar-refractivity contribution >= 4 is 29.9 Å². The van der Waals surface area contributed by atoms with Crippen LogP contribution in [0.2, 0.25) is 0 Å². The zero-order valence-corrected chi connectivity index (χ0v) is 21.0. The van der Waals surface area contributed by atoms with Gasteiger partial charge in [-0.05, 0) is 63.8 Å². The molecule has 0 fully saturated rings. The molecule has 0 saturated heterocycles. The molecule has 180 valence electrons. The van der Waals surface area contributed by atoms with Crippen LogP contribution in [0.5, 0.6) is 0 Å². The predicted octanol–water partition coefficient (Wildman–Crippen LogP) is 5.04. The summed E-state index contributed by atoms with van der Waals surface area (Å²) in [5, 5.41) is 8.67. The number of rotatable bonds is 4. The Morgan fingerprint density at radius 2 is 1.12 bits per heavy atom. The smallest absolute Gasteiger partial charge is 0.297 e. The fourth-order valence-electron chi connectivity index (χ4n) is 2.91. The molecule has 9 heteroatoms. The molecule has 2 aromatic carbocycles. The summed E-state index contributed by atoms with van der Waals surface area (Å²) < 4.78 is 50.3. The number of benzene rings is 2. The summed E-state index contributed by atoms with van der Waals surface area (Å²) in [6.45, 7) is 3.79. The highest BCUT2D eigenvalue weighted by Crippen LogP contribution is 2.21. The van der Waals surface area contributed by atoms with Gasteiger partial charge in [-0.1, -0.05) is 59.7 Å². The van der Waals surface area contributed by atoms with E-state index in [1.54, 1.807) is 36.4 Å². The van der Waals surface area contributed by atoms with E-state index >= 15 is 0 Å². The van der Waals surface area contributed by atoms with Crippen LogP contribution in [0.3, 0.4) is 0 Å². The molecule has 1 N–H and O–H groups in total. The van der Waals surface area contributed by atoms with Crippen LogP contribution in [0.4, 0.5) is 0 Å². The molecular weight excluding hydrogens is 484 g/mol. The maximum absolute atomic E-state index is 11.8. The average Bonchev–Trinajstić information content (AvgIpc) is 3.42. The van der Waals surface area contributed by atoms with Gasteiger partial charge >= 0.3 is 0 Å². The van der Waals surface area contributed by atoms with Crippen LogP contribution < -0.4 is 0 Å². The first-order valence-electron chi connectivity index (χ1n) is 10.5. The van der Waals surface area contributed by atoms with Crippen molar-refractivity contribution in [2.75, 3.05) is 0 Å². The number of aliphatic hydroxyl groups excluding tert-OH is 1. The summed E-state index contributed by atoms with van der Waals surface area (Å²) in [5.74, 6) is 0. The Balaban J connectivity index is 0.000000195. The third-order valence-electron chi connectivity index (χ3n) is 4.82. The standard InChI is InChI=1S/C12H14O3S.C7H7ClO2S.C5H8O/c1-10-6-8-12(9-7-10)16(13,14)15-11-4-2-3-5-11;1-6-2-4-7(5-3-6)11(8,9)10;6-5-3-1-2-4-5/h2-3,6-9,11H,4-5H2,1H3;2-5H,1H3;1-2,5-6H,3-4H2. The quantitative estimate of drug-likeness (QED) is 0.350. The van der Waals surface area contributed by atoms with E-state index in [-0.39, 0.29) is 22.0 Å². The van der Waals surface area contributed by atoms with E-state index in [9.17, 15) is 16.8 Å². The molecule has 0 radical (unpaired) electrons. The fraction of sp³-hybridized carbons (Fsp3) is 0.333. The van der Waals surface area contributed by atoms with E-state index in [4.69, 9.17) is 20.0 Å². The maximum atomic E-state index is 11.8. The number of aryl methyl sites for hydroxylation is 2. The molecule has 2 aliphatic carbocycles. The van der Waals surface area contributed by atoms with Crippen molar-refractivity contribution in [1.29, 1.82) is 0 Å². The summed E-state index contributed by atoms with van der Waals surface area (Å²) in [5.41, 5.74) is 2.04. The molecule has 2 aromatic rings. The highest BCUT2D eigenvalue weighted by atomic mass is 35.7.